The molecule has 2 aliphatic heterocycles. The molecule has 4 fully saturated rings. The van der Waals surface area contributed by atoms with Gasteiger partial charge in [-0.2, -0.15) is 0 Å². The van der Waals surface area contributed by atoms with Gasteiger partial charge >= 0.3 is 5.97 Å². The number of carbonyl (C=O) groups excluding carboxylic acids is 2. The van der Waals surface area contributed by atoms with Gasteiger partial charge in [-0.05, 0) is 42.1 Å². The molecule has 1 amide bonds. The fourth-order valence-corrected chi connectivity index (χ4v) is 5.32. The maximum Gasteiger partial charge on any atom is 0.332 e. The number of rotatable bonds is 2. The van der Waals surface area contributed by atoms with E-state index in [0.29, 0.717) is 32.4 Å². The van der Waals surface area contributed by atoms with Crippen molar-refractivity contribution in [2.24, 2.45) is 10.8 Å². The van der Waals surface area contributed by atoms with Crippen molar-refractivity contribution in [1.82, 2.24) is 4.90 Å². The Labute approximate surface area is 125 Å². The van der Waals surface area contributed by atoms with Crippen LogP contribution < -0.4 is 0 Å². The SMILES string of the molecule is CCOC(=O)[C@]12C[C@@]3(CN1C(=O)CC21CC1)C[C@]3(F)Br. The van der Waals surface area contributed by atoms with E-state index in [0.717, 1.165) is 12.8 Å². The van der Waals surface area contributed by atoms with Crippen LogP contribution in [-0.2, 0) is 14.3 Å². The van der Waals surface area contributed by atoms with E-state index >= 15 is 0 Å². The minimum Gasteiger partial charge on any atom is -0.464 e. The van der Waals surface area contributed by atoms with Gasteiger partial charge in [0.05, 0.1) is 6.61 Å². The van der Waals surface area contributed by atoms with Crippen molar-refractivity contribution >= 4 is 27.8 Å². The minimum absolute atomic E-state index is 0.0115. The monoisotopic (exact) mass is 345 g/mol. The summed E-state index contributed by atoms with van der Waals surface area (Å²) in [5, 5.41) is 0. The molecule has 110 valence electrons. The fraction of sp³-hybridized carbons (Fsp3) is 0.857. The Kier molecular flexibility index (Phi) is 2.21. The normalized spacial score (nSPS) is 47.0. The van der Waals surface area contributed by atoms with Crippen LogP contribution in [-0.4, -0.2) is 40.0 Å². The van der Waals surface area contributed by atoms with Crippen LogP contribution in [0.15, 0.2) is 0 Å². The molecule has 2 heterocycles. The average molecular weight is 346 g/mol. The number of ether oxygens (including phenoxy) is 1. The Morgan fingerprint density at radius 3 is 2.55 bits per heavy atom. The number of amides is 1. The molecule has 0 radical (unpaired) electrons. The van der Waals surface area contributed by atoms with Crippen molar-refractivity contribution in [2.45, 2.75) is 49.1 Å². The lowest BCUT2D eigenvalue weighted by atomic mass is 9.77. The number of hydrogen-bond donors (Lipinski definition) is 0. The lowest BCUT2D eigenvalue weighted by molar-refractivity contribution is -0.160. The molecule has 2 spiro atoms. The lowest BCUT2D eigenvalue weighted by Crippen LogP contribution is -2.53. The predicted octanol–water partition coefficient (Wildman–Crippen LogP) is 2.16. The van der Waals surface area contributed by atoms with Gasteiger partial charge in [0.15, 0.2) is 4.58 Å². The molecular formula is C14H17BrFNO3. The van der Waals surface area contributed by atoms with Crippen molar-refractivity contribution < 1.29 is 18.7 Å². The second-order valence-corrected chi connectivity index (χ2v) is 8.11. The highest BCUT2D eigenvalue weighted by atomic mass is 79.9. The van der Waals surface area contributed by atoms with Gasteiger partial charge in [0.2, 0.25) is 5.91 Å². The Hall–Kier alpha value is -0.650. The summed E-state index contributed by atoms with van der Waals surface area (Å²) in [6.45, 7) is 2.40. The lowest BCUT2D eigenvalue weighted by Gasteiger charge is -2.34. The first kappa shape index (κ1) is 13.0. The molecule has 0 unspecified atom stereocenters. The third kappa shape index (κ3) is 1.23. The second-order valence-electron chi connectivity index (χ2n) is 6.86. The largest absolute Gasteiger partial charge is 0.464 e. The molecule has 4 nitrogen and oxygen atoms in total. The van der Waals surface area contributed by atoms with Gasteiger partial charge in [0.1, 0.15) is 5.54 Å². The van der Waals surface area contributed by atoms with Gasteiger partial charge in [0.25, 0.3) is 0 Å². The number of esters is 1. The number of fused-ring (bicyclic) bond motifs is 2. The van der Waals surface area contributed by atoms with Gasteiger partial charge in [0, 0.05) is 30.2 Å². The average Bonchev–Trinajstić information content (AvgIpc) is 3.14. The predicted molar refractivity (Wildman–Crippen MR) is 71.8 cm³/mol. The van der Waals surface area contributed by atoms with E-state index in [9.17, 15) is 14.0 Å². The Bertz CT molecular complexity index is 533. The molecule has 20 heavy (non-hydrogen) atoms. The molecule has 0 aromatic rings. The summed E-state index contributed by atoms with van der Waals surface area (Å²) in [5.41, 5.74) is -1.78. The topological polar surface area (TPSA) is 46.6 Å². The molecule has 0 aromatic heterocycles. The van der Waals surface area contributed by atoms with E-state index < -0.39 is 15.5 Å². The minimum atomic E-state index is -1.43. The van der Waals surface area contributed by atoms with Gasteiger partial charge in [-0.25, -0.2) is 9.18 Å². The van der Waals surface area contributed by atoms with Crippen LogP contribution in [0.5, 0.6) is 0 Å². The van der Waals surface area contributed by atoms with Gasteiger partial charge in [-0.3, -0.25) is 4.79 Å². The Balaban J connectivity index is 1.78. The summed E-state index contributed by atoms with van der Waals surface area (Å²) in [5.74, 6) is -0.335. The van der Waals surface area contributed by atoms with Gasteiger partial charge in [-0.1, -0.05) is 0 Å². The maximum atomic E-state index is 14.3. The molecule has 0 aromatic carbocycles. The van der Waals surface area contributed by atoms with Crippen LogP contribution in [0, 0.1) is 10.8 Å². The van der Waals surface area contributed by atoms with Crippen molar-refractivity contribution in [3.05, 3.63) is 0 Å². The molecular weight excluding hydrogens is 329 g/mol. The molecule has 0 N–H and O–H groups in total. The van der Waals surface area contributed by atoms with Crippen molar-refractivity contribution in [1.29, 1.82) is 0 Å². The molecule has 2 saturated carbocycles. The van der Waals surface area contributed by atoms with Crippen LogP contribution >= 0.6 is 15.9 Å². The summed E-state index contributed by atoms with van der Waals surface area (Å²) < 4.78 is 18.2. The summed E-state index contributed by atoms with van der Waals surface area (Å²) in [4.78, 5) is 26.6. The second kappa shape index (κ2) is 3.39. The molecule has 4 rings (SSSR count). The van der Waals surface area contributed by atoms with E-state index in [1.165, 1.54) is 0 Å². The first-order chi connectivity index (χ1) is 9.33. The van der Waals surface area contributed by atoms with Crippen LogP contribution in [0.1, 0.15) is 39.0 Å². The molecule has 3 atom stereocenters. The standard InChI is InChI=1S/C14H17BrFNO3/c1-2-20-10(19)13-6-12(7-14(12,15)16)8-17(13)9(18)5-11(13)3-4-11/h2-8H2,1H3/t12-,13-,14+/m0/s1. The number of alkyl halides is 2. The van der Waals surface area contributed by atoms with Gasteiger partial charge in [-0.15, -0.1) is 0 Å². The van der Waals surface area contributed by atoms with E-state index in [1.54, 1.807) is 11.8 Å². The summed E-state index contributed by atoms with van der Waals surface area (Å²) in [6.07, 6.45) is 2.94. The third-order valence-corrected chi connectivity index (χ3v) is 6.98. The summed E-state index contributed by atoms with van der Waals surface area (Å²) >= 11 is 3.11. The fourth-order valence-electron chi connectivity index (χ4n) is 4.52. The molecule has 6 heteroatoms. The zero-order chi connectivity index (χ0) is 14.4. The highest BCUT2D eigenvalue weighted by Crippen LogP contribution is 2.77. The Morgan fingerprint density at radius 2 is 2.05 bits per heavy atom. The van der Waals surface area contributed by atoms with E-state index in [4.69, 9.17) is 4.74 Å². The first-order valence-electron chi connectivity index (χ1n) is 7.18. The highest BCUT2D eigenvalue weighted by Gasteiger charge is 2.84. The van der Waals surface area contributed by atoms with Crippen LogP contribution in [0.2, 0.25) is 0 Å². The molecule has 4 aliphatic rings. The third-order valence-electron chi connectivity index (χ3n) is 5.86. The van der Waals surface area contributed by atoms with Crippen molar-refractivity contribution in [2.75, 3.05) is 13.2 Å². The first-order valence-corrected chi connectivity index (χ1v) is 7.97. The number of nitrogens with zero attached hydrogens (tertiary/aromatic N) is 1. The summed E-state index contributed by atoms with van der Waals surface area (Å²) in [6, 6.07) is 0. The Morgan fingerprint density at radius 1 is 1.40 bits per heavy atom. The molecule has 2 saturated heterocycles. The van der Waals surface area contributed by atoms with Crippen molar-refractivity contribution in [3.8, 4) is 0 Å². The molecule has 0 bridgehead atoms. The smallest absolute Gasteiger partial charge is 0.332 e. The van der Waals surface area contributed by atoms with Crippen LogP contribution in [0.25, 0.3) is 0 Å². The van der Waals surface area contributed by atoms with Crippen LogP contribution in [0.4, 0.5) is 4.39 Å². The molecule has 2 aliphatic carbocycles. The zero-order valence-electron chi connectivity index (χ0n) is 11.4. The van der Waals surface area contributed by atoms with Crippen molar-refractivity contribution in [3.63, 3.8) is 0 Å². The van der Waals surface area contributed by atoms with Crippen LogP contribution in [0.3, 0.4) is 0 Å². The number of halogens is 2. The number of hydrogen-bond acceptors (Lipinski definition) is 3. The maximum absolute atomic E-state index is 14.3. The summed E-state index contributed by atoms with van der Waals surface area (Å²) in [7, 11) is 0. The number of carbonyl (C=O) groups is 2. The van der Waals surface area contributed by atoms with E-state index in [-0.39, 0.29) is 17.3 Å². The van der Waals surface area contributed by atoms with E-state index in [2.05, 4.69) is 15.9 Å². The van der Waals surface area contributed by atoms with Gasteiger partial charge < -0.3 is 9.64 Å². The quantitative estimate of drug-likeness (QED) is 0.569. The van der Waals surface area contributed by atoms with E-state index in [1.807, 2.05) is 0 Å². The highest BCUT2D eigenvalue weighted by molar-refractivity contribution is 9.10. The zero-order valence-corrected chi connectivity index (χ0v) is 13.0.